The molecule has 0 aliphatic carbocycles. The summed E-state index contributed by atoms with van der Waals surface area (Å²) in [6, 6.07) is 0. The molecule has 0 N–H and O–H groups in total. The summed E-state index contributed by atoms with van der Waals surface area (Å²) in [4.78, 5) is 0. The fourth-order valence-corrected chi connectivity index (χ4v) is 5.35. The first-order valence-electron chi connectivity index (χ1n) is 4.41. The van der Waals surface area contributed by atoms with Crippen LogP contribution >= 0.6 is 0 Å². The van der Waals surface area contributed by atoms with Crippen LogP contribution in [0.4, 0.5) is 0 Å². The van der Waals surface area contributed by atoms with Crippen LogP contribution in [0.5, 0.6) is 0 Å². The smallest absolute Gasteiger partial charge is 2.00 e. The molecule has 2 heteroatoms. The molecule has 0 heterocycles. The predicted molar refractivity (Wildman–Crippen MR) is 40.1 cm³/mol. The van der Waals surface area contributed by atoms with Gasteiger partial charge in [0.1, 0.15) is 0 Å². The Morgan fingerprint density at radius 3 is 1.60 bits per heavy atom. The molecule has 0 aromatic carbocycles. The summed E-state index contributed by atoms with van der Waals surface area (Å²) >= 11 is 0.0146. The van der Waals surface area contributed by atoms with Gasteiger partial charge >= 0.3 is 66.7 Å². The average molecular weight is 196 g/mol. The minimum absolute atomic E-state index is 0. The summed E-state index contributed by atoms with van der Waals surface area (Å²) in [7, 11) is 0. The van der Waals surface area contributed by atoms with E-state index in [9.17, 15) is 0 Å². The molecule has 0 aromatic heterocycles. The molecule has 0 aromatic rings. The molecule has 0 amide bonds. The third-order valence-corrected chi connectivity index (χ3v) is 5.90. The van der Waals surface area contributed by atoms with E-state index in [2.05, 4.69) is 13.8 Å². The van der Waals surface area contributed by atoms with E-state index in [0.717, 1.165) is 0 Å². The standard InChI is InChI=1S/2C4H9.O.Zn/c2*1-3-4-2;;/h2*1,3-4H2,2H3;;/q;;-2;+2. The van der Waals surface area contributed by atoms with Crippen LogP contribution < -0.4 is 0 Å². The Balaban J connectivity index is 0. The molecule has 0 aliphatic rings. The van der Waals surface area contributed by atoms with E-state index in [1.807, 2.05) is 0 Å². The number of rotatable bonds is 6. The van der Waals surface area contributed by atoms with Crippen molar-refractivity contribution in [3.8, 4) is 0 Å². The third kappa shape index (κ3) is 11.4. The normalized spacial score (nSPS) is 9.40. The molecular formula is C8H18OZn. The van der Waals surface area contributed by atoms with Crippen LogP contribution in [-0.4, -0.2) is 0 Å². The van der Waals surface area contributed by atoms with Crippen LogP contribution in [-0.2, 0) is 22.6 Å². The topological polar surface area (TPSA) is 28.5 Å². The average Bonchev–Trinajstić information content (AvgIpc) is 1.89. The predicted octanol–water partition coefficient (Wildman–Crippen LogP) is 3.39. The molecule has 0 atom stereocenters. The summed E-state index contributed by atoms with van der Waals surface area (Å²) < 4.78 is 0. The minimum atomic E-state index is 0. The van der Waals surface area contributed by atoms with Crippen molar-refractivity contribution in [3.63, 3.8) is 0 Å². The van der Waals surface area contributed by atoms with Gasteiger partial charge in [-0.25, -0.2) is 0 Å². The van der Waals surface area contributed by atoms with Crippen molar-refractivity contribution in [1.82, 2.24) is 0 Å². The van der Waals surface area contributed by atoms with Gasteiger partial charge in [0.15, 0.2) is 0 Å². The molecule has 0 rings (SSSR count). The second kappa shape index (κ2) is 12.3. The molecule has 0 radical (unpaired) electrons. The fourth-order valence-electron chi connectivity index (χ4n) is 1.03. The van der Waals surface area contributed by atoms with E-state index in [1.165, 1.54) is 25.7 Å². The Bertz CT molecular complexity index is 42.5. The number of hydrogen-bond donors (Lipinski definition) is 0. The van der Waals surface area contributed by atoms with Crippen molar-refractivity contribution < 1.29 is 22.6 Å². The summed E-state index contributed by atoms with van der Waals surface area (Å²) in [5.41, 5.74) is 0. The Morgan fingerprint density at radius 2 is 1.30 bits per heavy atom. The monoisotopic (exact) mass is 194 g/mol. The van der Waals surface area contributed by atoms with Gasteiger partial charge < -0.3 is 5.48 Å². The van der Waals surface area contributed by atoms with Crippen molar-refractivity contribution in [3.05, 3.63) is 0 Å². The SMILES string of the molecule is CCC[CH2][Zn+2][CH2]CCC.[O-2]. The Morgan fingerprint density at radius 1 is 0.900 bits per heavy atom. The molecule has 0 bridgehead atoms. The summed E-state index contributed by atoms with van der Waals surface area (Å²) in [6.45, 7) is 4.59. The minimum Gasteiger partial charge on any atom is -2.00 e. The molecule has 0 saturated heterocycles. The van der Waals surface area contributed by atoms with Crippen molar-refractivity contribution in [2.24, 2.45) is 0 Å². The van der Waals surface area contributed by atoms with E-state index >= 15 is 0 Å². The molecule has 1 nitrogen and oxygen atoms in total. The number of unbranched alkanes of at least 4 members (excludes halogenated alkanes) is 2. The maximum atomic E-state index is 2.29. The quantitative estimate of drug-likeness (QED) is 0.459. The van der Waals surface area contributed by atoms with Crippen molar-refractivity contribution >= 4 is 0 Å². The molecule has 0 aliphatic heterocycles. The van der Waals surface area contributed by atoms with Crippen molar-refractivity contribution in [2.45, 2.75) is 49.6 Å². The zero-order valence-corrected chi connectivity index (χ0v) is 10.3. The summed E-state index contributed by atoms with van der Waals surface area (Å²) in [5.74, 6) is 0. The molecule has 0 spiro atoms. The maximum Gasteiger partial charge on any atom is -2.00 e. The van der Waals surface area contributed by atoms with Crippen LogP contribution in [0.1, 0.15) is 39.5 Å². The van der Waals surface area contributed by atoms with Gasteiger partial charge in [-0.3, -0.25) is 0 Å². The van der Waals surface area contributed by atoms with Gasteiger partial charge in [-0.1, -0.05) is 0 Å². The third-order valence-electron chi connectivity index (χ3n) is 1.71. The summed E-state index contributed by atoms with van der Waals surface area (Å²) in [6.07, 6.45) is 5.86. The fraction of sp³-hybridized carbons (Fsp3) is 1.00. The van der Waals surface area contributed by atoms with Crippen LogP contribution in [0.2, 0.25) is 10.0 Å². The summed E-state index contributed by atoms with van der Waals surface area (Å²) in [5, 5.41) is 3.28. The van der Waals surface area contributed by atoms with Gasteiger partial charge in [-0.15, -0.1) is 0 Å². The van der Waals surface area contributed by atoms with Gasteiger partial charge in [-0.2, -0.15) is 0 Å². The van der Waals surface area contributed by atoms with Gasteiger partial charge in [-0.05, 0) is 0 Å². The van der Waals surface area contributed by atoms with Crippen LogP contribution in [0.15, 0.2) is 0 Å². The number of hydrogen-bond acceptors (Lipinski definition) is 0. The van der Waals surface area contributed by atoms with Gasteiger partial charge in [0.05, 0.1) is 0 Å². The molecular weight excluding hydrogens is 177 g/mol. The maximum absolute atomic E-state index is 2.29. The van der Waals surface area contributed by atoms with Gasteiger partial charge in [0.25, 0.3) is 0 Å². The first-order chi connectivity index (χ1) is 4.41. The molecule has 58 valence electrons. The van der Waals surface area contributed by atoms with E-state index in [0.29, 0.717) is 0 Å². The van der Waals surface area contributed by atoms with E-state index in [-0.39, 0.29) is 22.6 Å². The van der Waals surface area contributed by atoms with E-state index in [1.54, 1.807) is 10.0 Å². The first-order valence-corrected chi connectivity index (χ1v) is 8.61. The molecule has 0 saturated carbocycles. The van der Waals surface area contributed by atoms with Gasteiger partial charge in [0.2, 0.25) is 0 Å². The largest absolute Gasteiger partial charge is 2.00 e. The second-order valence-corrected chi connectivity index (χ2v) is 7.22. The Hall–Kier alpha value is 0.583. The van der Waals surface area contributed by atoms with E-state index in [4.69, 9.17) is 0 Å². The van der Waals surface area contributed by atoms with E-state index < -0.39 is 0 Å². The Labute approximate surface area is 72.5 Å². The molecule has 0 unspecified atom stereocenters. The molecule has 0 fully saturated rings. The van der Waals surface area contributed by atoms with Crippen molar-refractivity contribution in [2.75, 3.05) is 0 Å². The van der Waals surface area contributed by atoms with Crippen LogP contribution in [0.3, 0.4) is 0 Å². The van der Waals surface area contributed by atoms with Gasteiger partial charge in [0, 0.05) is 0 Å². The second-order valence-electron chi connectivity index (χ2n) is 2.77. The zero-order chi connectivity index (χ0) is 6.95. The van der Waals surface area contributed by atoms with Crippen molar-refractivity contribution in [1.29, 1.82) is 0 Å². The Kier molecular flexibility index (Phi) is 16.2. The molecule has 10 heavy (non-hydrogen) atoms. The van der Waals surface area contributed by atoms with Crippen LogP contribution in [0.25, 0.3) is 0 Å². The van der Waals surface area contributed by atoms with Crippen LogP contribution in [0, 0.1) is 0 Å². The zero-order valence-electron chi connectivity index (χ0n) is 7.36. The first kappa shape index (κ1) is 13.2.